The fourth-order valence-corrected chi connectivity index (χ4v) is 3.90. The van der Waals surface area contributed by atoms with Gasteiger partial charge in [0.25, 0.3) is 0 Å². The van der Waals surface area contributed by atoms with E-state index < -0.39 is 21.8 Å². The van der Waals surface area contributed by atoms with Crippen LogP contribution in [0.5, 0.6) is 0 Å². The summed E-state index contributed by atoms with van der Waals surface area (Å²) < 4.78 is 24.8. The molecule has 1 saturated heterocycles. The van der Waals surface area contributed by atoms with Crippen molar-refractivity contribution in [2.45, 2.75) is 25.4 Å². The Labute approximate surface area is 122 Å². The second-order valence-corrected chi connectivity index (χ2v) is 7.20. The third-order valence-electron chi connectivity index (χ3n) is 3.37. The van der Waals surface area contributed by atoms with Crippen LogP contribution in [-0.4, -0.2) is 64.2 Å². The summed E-state index contributed by atoms with van der Waals surface area (Å²) in [5, 5.41) is 12.8. The summed E-state index contributed by atoms with van der Waals surface area (Å²) in [7, 11) is -3.28. The SMILES string of the molecule is O=C(O)CC1CS(=O)(=O)CCN1C(=O)CCn1cccn1. The van der Waals surface area contributed by atoms with Gasteiger partial charge in [-0.25, -0.2) is 8.42 Å². The Balaban J connectivity index is 2.01. The highest BCUT2D eigenvalue weighted by Crippen LogP contribution is 2.16. The minimum atomic E-state index is -3.28. The lowest BCUT2D eigenvalue weighted by Crippen LogP contribution is -2.52. The minimum Gasteiger partial charge on any atom is -0.481 e. The fourth-order valence-electron chi connectivity index (χ4n) is 2.37. The summed E-state index contributed by atoms with van der Waals surface area (Å²) in [6, 6.07) is 0.955. The lowest BCUT2D eigenvalue weighted by Gasteiger charge is -2.34. The first-order valence-electron chi connectivity index (χ1n) is 6.56. The average molecular weight is 315 g/mol. The molecule has 1 aliphatic heterocycles. The first kappa shape index (κ1) is 15.5. The molecule has 1 unspecified atom stereocenters. The fraction of sp³-hybridized carbons (Fsp3) is 0.583. The molecule has 0 aliphatic carbocycles. The third-order valence-corrected chi connectivity index (χ3v) is 5.07. The molecule has 2 heterocycles. The Hall–Kier alpha value is -1.90. The van der Waals surface area contributed by atoms with Crippen molar-refractivity contribution >= 4 is 21.7 Å². The molecule has 1 aromatic heterocycles. The van der Waals surface area contributed by atoms with Crippen molar-refractivity contribution in [2.75, 3.05) is 18.1 Å². The second-order valence-electron chi connectivity index (χ2n) is 4.97. The predicted octanol–water partition coefficient (Wildman–Crippen LogP) is -0.626. The summed E-state index contributed by atoms with van der Waals surface area (Å²) in [6.45, 7) is 0.438. The van der Waals surface area contributed by atoms with Crippen molar-refractivity contribution in [3.8, 4) is 0 Å². The standard InChI is InChI=1S/C12H17N3O5S/c16-11(2-5-14-4-1-3-13-14)15-6-7-21(19,20)9-10(15)8-12(17)18/h1,3-4,10H,2,5-9H2,(H,17,18). The minimum absolute atomic E-state index is 0.0538. The van der Waals surface area contributed by atoms with Crippen LogP contribution in [0, 0.1) is 0 Å². The summed E-state index contributed by atoms with van der Waals surface area (Å²) in [4.78, 5) is 24.4. The van der Waals surface area contributed by atoms with Crippen LogP contribution < -0.4 is 0 Å². The van der Waals surface area contributed by atoms with Gasteiger partial charge in [-0.15, -0.1) is 0 Å². The molecule has 0 saturated carbocycles. The van der Waals surface area contributed by atoms with Gasteiger partial charge >= 0.3 is 5.97 Å². The number of hydrogen-bond acceptors (Lipinski definition) is 5. The zero-order valence-corrected chi connectivity index (χ0v) is 12.2. The molecule has 0 bridgehead atoms. The summed E-state index contributed by atoms with van der Waals surface area (Å²) in [6.07, 6.45) is 3.14. The average Bonchev–Trinajstić information content (AvgIpc) is 2.87. The van der Waals surface area contributed by atoms with Crippen molar-refractivity contribution < 1.29 is 23.1 Å². The molecular formula is C12H17N3O5S. The van der Waals surface area contributed by atoms with Crippen molar-refractivity contribution in [1.82, 2.24) is 14.7 Å². The third kappa shape index (κ3) is 4.28. The molecule has 1 aromatic rings. The Morgan fingerprint density at radius 2 is 2.14 bits per heavy atom. The Morgan fingerprint density at radius 3 is 2.76 bits per heavy atom. The van der Waals surface area contributed by atoms with Gasteiger partial charge in [0.05, 0.1) is 24.0 Å². The lowest BCUT2D eigenvalue weighted by atomic mass is 10.2. The van der Waals surface area contributed by atoms with E-state index in [1.807, 2.05) is 0 Å². The quantitative estimate of drug-likeness (QED) is 0.775. The van der Waals surface area contributed by atoms with Gasteiger partial charge in [0.1, 0.15) is 0 Å². The van der Waals surface area contributed by atoms with E-state index in [4.69, 9.17) is 5.11 Å². The Bertz CT molecular complexity index is 611. The summed E-state index contributed by atoms with van der Waals surface area (Å²) >= 11 is 0. The maximum Gasteiger partial charge on any atom is 0.305 e. The molecule has 9 heteroatoms. The first-order chi connectivity index (χ1) is 9.87. The van der Waals surface area contributed by atoms with Crippen LogP contribution in [-0.2, 0) is 26.0 Å². The summed E-state index contributed by atoms with van der Waals surface area (Å²) in [5.74, 6) is -1.75. The maximum atomic E-state index is 12.2. The van der Waals surface area contributed by atoms with Gasteiger partial charge in [0, 0.05) is 31.9 Å². The molecule has 0 radical (unpaired) electrons. The van der Waals surface area contributed by atoms with Crippen LogP contribution in [0.2, 0.25) is 0 Å². The number of carboxylic acids is 1. The number of hydrogen-bond donors (Lipinski definition) is 1. The second kappa shape index (κ2) is 6.25. The van der Waals surface area contributed by atoms with Crippen molar-refractivity contribution in [3.63, 3.8) is 0 Å². The van der Waals surface area contributed by atoms with Crippen molar-refractivity contribution in [1.29, 1.82) is 0 Å². The van der Waals surface area contributed by atoms with E-state index in [0.29, 0.717) is 6.54 Å². The number of carboxylic acid groups (broad SMARTS) is 1. The number of sulfone groups is 1. The number of aromatic nitrogens is 2. The monoisotopic (exact) mass is 315 g/mol. The molecule has 0 spiro atoms. The van der Waals surface area contributed by atoms with Gasteiger partial charge < -0.3 is 10.0 Å². The van der Waals surface area contributed by atoms with E-state index in [1.54, 1.807) is 23.1 Å². The van der Waals surface area contributed by atoms with Crippen LogP contribution in [0.15, 0.2) is 18.5 Å². The number of amides is 1. The topological polar surface area (TPSA) is 110 Å². The van der Waals surface area contributed by atoms with Crippen LogP contribution in [0.4, 0.5) is 0 Å². The number of nitrogens with zero attached hydrogens (tertiary/aromatic N) is 3. The van der Waals surface area contributed by atoms with Gasteiger partial charge in [0.15, 0.2) is 9.84 Å². The van der Waals surface area contributed by atoms with Gasteiger partial charge in [-0.05, 0) is 6.07 Å². The smallest absolute Gasteiger partial charge is 0.305 e. The van der Waals surface area contributed by atoms with Crippen LogP contribution in [0.3, 0.4) is 0 Å². The van der Waals surface area contributed by atoms with Gasteiger partial charge in [-0.2, -0.15) is 5.10 Å². The zero-order chi connectivity index (χ0) is 15.5. The van der Waals surface area contributed by atoms with Crippen molar-refractivity contribution in [3.05, 3.63) is 18.5 Å². The Morgan fingerprint density at radius 1 is 1.38 bits per heavy atom. The number of carbonyl (C=O) groups excluding carboxylic acids is 1. The van der Waals surface area contributed by atoms with E-state index in [0.717, 1.165) is 0 Å². The lowest BCUT2D eigenvalue weighted by molar-refractivity contribution is -0.140. The van der Waals surface area contributed by atoms with E-state index >= 15 is 0 Å². The molecule has 1 amide bonds. The highest BCUT2D eigenvalue weighted by Gasteiger charge is 2.35. The molecule has 1 N–H and O–H groups in total. The number of carbonyl (C=O) groups is 2. The molecular weight excluding hydrogens is 298 g/mol. The molecule has 1 atom stereocenters. The molecule has 21 heavy (non-hydrogen) atoms. The number of aliphatic carboxylic acids is 1. The van der Waals surface area contributed by atoms with Crippen LogP contribution >= 0.6 is 0 Å². The molecule has 0 aromatic carbocycles. The predicted molar refractivity (Wildman–Crippen MR) is 73.3 cm³/mol. The first-order valence-corrected chi connectivity index (χ1v) is 8.38. The molecule has 1 fully saturated rings. The van der Waals surface area contributed by atoms with Crippen molar-refractivity contribution in [2.24, 2.45) is 0 Å². The number of aryl methyl sites for hydroxylation is 1. The highest BCUT2D eigenvalue weighted by atomic mass is 32.2. The number of rotatable bonds is 5. The summed E-state index contributed by atoms with van der Waals surface area (Å²) in [5.41, 5.74) is 0. The van der Waals surface area contributed by atoms with Gasteiger partial charge in [0.2, 0.25) is 5.91 Å². The van der Waals surface area contributed by atoms with E-state index in [9.17, 15) is 18.0 Å². The van der Waals surface area contributed by atoms with E-state index in [2.05, 4.69) is 5.10 Å². The van der Waals surface area contributed by atoms with Gasteiger partial charge in [-0.3, -0.25) is 14.3 Å². The van der Waals surface area contributed by atoms with Crippen LogP contribution in [0.25, 0.3) is 0 Å². The van der Waals surface area contributed by atoms with E-state index in [-0.39, 0.29) is 36.8 Å². The molecule has 1 aliphatic rings. The Kier molecular flexibility index (Phi) is 4.61. The highest BCUT2D eigenvalue weighted by molar-refractivity contribution is 7.91. The molecule has 8 nitrogen and oxygen atoms in total. The largest absolute Gasteiger partial charge is 0.481 e. The maximum absolute atomic E-state index is 12.2. The van der Waals surface area contributed by atoms with E-state index in [1.165, 1.54) is 4.90 Å². The zero-order valence-electron chi connectivity index (χ0n) is 11.4. The van der Waals surface area contributed by atoms with Crippen LogP contribution in [0.1, 0.15) is 12.8 Å². The molecule has 2 rings (SSSR count). The molecule has 116 valence electrons. The van der Waals surface area contributed by atoms with Gasteiger partial charge in [-0.1, -0.05) is 0 Å². The normalized spacial score (nSPS) is 21.1.